The molecule has 1 aliphatic heterocycles. The van der Waals surface area contributed by atoms with Crippen molar-refractivity contribution in [2.75, 3.05) is 7.11 Å². The fraction of sp³-hybridized carbons (Fsp3) is 0.722. The van der Waals surface area contributed by atoms with E-state index in [0.717, 1.165) is 17.7 Å². The van der Waals surface area contributed by atoms with Gasteiger partial charge in [0.2, 0.25) is 0 Å². The molecular formula is C36H62IO6Si2. The van der Waals surface area contributed by atoms with E-state index >= 15 is 0 Å². The Bertz CT molecular complexity index is 1090. The maximum absolute atomic E-state index is 13.5. The third-order valence-corrected chi connectivity index (χ3v) is 19.6. The molecular weight excluding hydrogens is 711 g/mol. The van der Waals surface area contributed by atoms with Crippen LogP contribution < -0.4 is 4.74 Å². The Hall–Kier alpha value is -0.566. The van der Waals surface area contributed by atoms with Gasteiger partial charge in [-0.3, -0.25) is 4.79 Å². The van der Waals surface area contributed by atoms with Crippen LogP contribution in [0.1, 0.15) is 80.2 Å². The van der Waals surface area contributed by atoms with Crippen molar-refractivity contribution in [3.8, 4) is 5.75 Å². The molecule has 0 spiro atoms. The van der Waals surface area contributed by atoms with Crippen LogP contribution in [-0.2, 0) is 29.7 Å². The Morgan fingerprint density at radius 2 is 1.51 bits per heavy atom. The largest absolute Gasteiger partial charge is 0.497 e. The van der Waals surface area contributed by atoms with Gasteiger partial charge in [0.1, 0.15) is 11.5 Å². The lowest BCUT2D eigenvalue weighted by Crippen LogP contribution is -2.58. The van der Waals surface area contributed by atoms with Gasteiger partial charge in [0.15, 0.2) is 16.6 Å². The van der Waals surface area contributed by atoms with E-state index in [1.807, 2.05) is 34.4 Å². The first-order chi connectivity index (χ1) is 20.6. The molecule has 7 atom stereocenters. The maximum atomic E-state index is 13.5. The second-order valence-corrected chi connectivity index (χ2v) is 26.3. The van der Waals surface area contributed by atoms with Crippen molar-refractivity contribution in [1.29, 1.82) is 0 Å². The summed E-state index contributed by atoms with van der Waals surface area (Å²) in [6.45, 7) is 31.8. The van der Waals surface area contributed by atoms with Crippen LogP contribution in [0.2, 0.25) is 36.3 Å². The first kappa shape index (κ1) is 40.6. The average Bonchev–Trinajstić information content (AvgIpc) is 2.91. The van der Waals surface area contributed by atoms with E-state index in [4.69, 9.17) is 23.1 Å². The molecule has 0 N–H and O–H groups in total. The molecule has 1 fully saturated rings. The van der Waals surface area contributed by atoms with Gasteiger partial charge in [-0.1, -0.05) is 90.1 Å². The van der Waals surface area contributed by atoms with Gasteiger partial charge in [0.05, 0.1) is 44.2 Å². The Morgan fingerprint density at radius 3 is 2.00 bits per heavy atom. The SMILES string of the molecule is [CH2][C@H]1O[C@@H]([C@@H](C)CC(=O)C[C@H](C)[C@@H](/C=C/I)OCc2ccc(OC)cc2)[C@@H](O[Si](C)(C)C(C)(C)C)C[C@H]1O[Si](C)(C)C(C)(C)C. The van der Waals surface area contributed by atoms with Crippen molar-refractivity contribution in [3.05, 3.63) is 46.9 Å². The zero-order chi connectivity index (χ0) is 34.4. The lowest BCUT2D eigenvalue weighted by atomic mass is 9.86. The lowest BCUT2D eigenvalue weighted by Gasteiger charge is -2.49. The zero-order valence-electron chi connectivity index (χ0n) is 30.4. The molecule has 257 valence electrons. The molecule has 1 aromatic carbocycles. The number of ether oxygens (including phenoxy) is 3. The van der Waals surface area contributed by atoms with Gasteiger partial charge in [-0.2, -0.15) is 0 Å². The number of hydrogen-bond donors (Lipinski definition) is 0. The summed E-state index contributed by atoms with van der Waals surface area (Å²) in [4.78, 5) is 13.5. The minimum absolute atomic E-state index is 0.0173. The third kappa shape index (κ3) is 11.8. The summed E-state index contributed by atoms with van der Waals surface area (Å²) < 4.78 is 34.1. The fourth-order valence-electron chi connectivity index (χ4n) is 5.17. The highest BCUT2D eigenvalue weighted by molar-refractivity contribution is 14.1. The molecule has 6 nitrogen and oxygen atoms in total. The van der Waals surface area contributed by atoms with Crippen LogP contribution in [0.3, 0.4) is 0 Å². The summed E-state index contributed by atoms with van der Waals surface area (Å²) >= 11 is 2.21. The summed E-state index contributed by atoms with van der Waals surface area (Å²) in [5.74, 6) is 1.04. The molecule has 0 aliphatic carbocycles. The fourth-order valence-corrected chi connectivity index (χ4v) is 8.28. The molecule has 1 aliphatic rings. The monoisotopic (exact) mass is 773 g/mol. The number of hydrogen-bond acceptors (Lipinski definition) is 6. The van der Waals surface area contributed by atoms with Crippen LogP contribution in [-0.4, -0.2) is 60.0 Å². The Balaban J connectivity index is 2.15. The highest BCUT2D eigenvalue weighted by Crippen LogP contribution is 2.43. The molecule has 1 heterocycles. The van der Waals surface area contributed by atoms with Gasteiger partial charge in [-0.05, 0) is 82.9 Å². The van der Waals surface area contributed by atoms with Gasteiger partial charge in [-0.15, -0.1) is 0 Å². The van der Waals surface area contributed by atoms with Crippen LogP contribution in [0.5, 0.6) is 5.75 Å². The molecule has 0 saturated carbocycles. The Labute approximate surface area is 291 Å². The predicted molar refractivity (Wildman–Crippen MR) is 200 cm³/mol. The van der Waals surface area contributed by atoms with Crippen molar-refractivity contribution in [2.45, 2.75) is 148 Å². The molecule has 1 aromatic rings. The summed E-state index contributed by atoms with van der Waals surface area (Å²) in [6.07, 6.45) is 2.63. The summed E-state index contributed by atoms with van der Waals surface area (Å²) in [6, 6.07) is 7.88. The number of benzene rings is 1. The standard InChI is InChI=1S/C36H62IO6Si2/c1-25(31(19-20-37)40-24-28-15-17-30(39-10)18-16-28)21-29(38)22-26(2)34-33(43-45(13,14)36(7,8)9)23-32(27(3)41-34)42-44(11,12)35(4,5)6/h15-20,25-27,31-34H,3,21-24H2,1-2,4-14H3/b20-19+/t25-,26-,27+,31+,32+,33-,34-/m0/s1. The van der Waals surface area contributed by atoms with E-state index < -0.39 is 16.6 Å². The topological polar surface area (TPSA) is 63.2 Å². The van der Waals surface area contributed by atoms with E-state index in [0.29, 0.717) is 19.4 Å². The van der Waals surface area contributed by atoms with E-state index in [1.54, 1.807) is 7.11 Å². The first-order valence-electron chi connectivity index (χ1n) is 16.5. The first-order valence-corrected chi connectivity index (χ1v) is 23.6. The van der Waals surface area contributed by atoms with Crippen molar-refractivity contribution in [3.63, 3.8) is 0 Å². The van der Waals surface area contributed by atoms with Crippen LogP contribution in [0.25, 0.3) is 0 Å². The van der Waals surface area contributed by atoms with Crippen LogP contribution in [0, 0.1) is 18.8 Å². The molecule has 0 unspecified atom stereocenters. The number of Topliss-reactive ketones (excluding diaryl/α,β-unsaturated/α-hetero) is 1. The molecule has 0 bridgehead atoms. The van der Waals surface area contributed by atoms with Crippen molar-refractivity contribution in [1.82, 2.24) is 0 Å². The van der Waals surface area contributed by atoms with Crippen LogP contribution >= 0.6 is 22.6 Å². The van der Waals surface area contributed by atoms with Gasteiger partial charge >= 0.3 is 0 Å². The molecule has 45 heavy (non-hydrogen) atoms. The number of rotatable bonds is 15. The normalized spacial score (nSPS) is 24.0. The minimum Gasteiger partial charge on any atom is -0.497 e. The molecule has 1 radical (unpaired) electrons. The van der Waals surface area contributed by atoms with Crippen LogP contribution in [0.15, 0.2) is 34.4 Å². The highest BCUT2D eigenvalue weighted by atomic mass is 127. The molecule has 9 heteroatoms. The smallest absolute Gasteiger partial charge is 0.192 e. The summed E-state index contributed by atoms with van der Waals surface area (Å²) in [5, 5.41) is 0.134. The van der Waals surface area contributed by atoms with E-state index in [9.17, 15) is 4.79 Å². The second-order valence-electron chi connectivity index (χ2n) is 16.1. The van der Waals surface area contributed by atoms with Gasteiger partial charge < -0.3 is 23.1 Å². The second kappa shape index (κ2) is 16.7. The molecule has 0 amide bonds. The number of methoxy groups -OCH3 is 1. The van der Waals surface area contributed by atoms with E-state index in [1.165, 1.54) is 0 Å². The van der Waals surface area contributed by atoms with E-state index in [2.05, 4.69) is 111 Å². The predicted octanol–water partition coefficient (Wildman–Crippen LogP) is 9.92. The number of carbonyl (C=O) groups is 1. The zero-order valence-corrected chi connectivity index (χ0v) is 34.5. The van der Waals surface area contributed by atoms with Crippen molar-refractivity contribution < 1.29 is 27.9 Å². The van der Waals surface area contributed by atoms with Gasteiger partial charge in [0, 0.05) is 19.3 Å². The summed E-state index contributed by atoms with van der Waals surface area (Å²) in [7, 11) is -2.51. The Morgan fingerprint density at radius 1 is 0.978 bits per heavy atom. The molecule has 2 rings (SSSR count). The van der Waals surface area contributed by atoms with E-state index in [-0.39, 0.29) is 58.2 Å². The summed E-state index contributed by atoms with van der Waals surface area (Å²) in [5.41, 5.74) is 1.07. The third-order valence-electron chi connectivity index (χ3n) is 10.2. The highest BCUT2D eigenvalue weighted by Gasteiger charge is 2.48. The lowest BCUT2D eigenvalue weighted by molar-refractivity contribution is -0.163. The number of ketones is 1. The molecule has 0 aromatic heterocycles. The molecule has 1 saturated heterocycles. The maximum Gasteiger partial charge on any atom is 0.192 e. The van der Waals surface area contributed by atoms with Gasteiger partial charge in [0.25, 0.3) is 0 Å². The Kier molecular flexibility index (Phi) is 15.1. The average molecular weight is 774 g/mol. The number of halogens is 1. The van der Waals surface area contributed by atoms with Crippen LogP contribution in [0.4, 0.5) is 0 Å². The minimum atomic E-state index is -2.12. The van der Waals surface area contributed by atoms with Gasteiger partial charge in [-0.25, -0.2) is 0 Å². The number of carbonyl (C=O) groups excluding carboxylic acids is 1. The van der Waals surface area contributed by atoms with Crippen molar-refractivity contribution in [2.24, 2.45) is 11.8 Å². The van der Waals surface area contributed by atoms with Crippen molar-refractivity contribution >= 4 is 45.0 Å². The quantitative estimate of drug-likeness (QED) is 0.131.